The molecule has 2 fully saturated rings. The Hall–Kier alpha value is -0.860. The van der Waals surface area contributed by atoms with Crippen molar-refractivity contribution >= 4 is 30.1 Å². The molecule has 1 aromatic heterocycles. The second-order valence-corrected chi connectivity index (χ2v) is 9.46. The van der Waals surface area contributed by atoms with E-state index < -0.39 is 0 Å². The van der Waals surface area contributed by atoms with Gasteiger partial charge in [-0.1, -0.05) is 11.6 Å². The van der Waals surface area contributed by atoms with Gasteiger partial charge in [-0.15, -0.1) is 0 Å². The molecule has 0 bridgehead atoms. The summed E-state index contributed by atoms with van der Waals surface area (Å²) in [6, 6.07) is 3.97. The van der Waals surface area contributed by atoms with Gasteiger partial charge >= 0.3 is 0 Å². The van der Waals surface area contributed by atoms with Crippen molar-refractivity contribution in [2.75, 3.05) is 46.3 Å². The molecule has 0 aliphatic carbocycles. The molecule has 0 radical (unpaired) electrons. The molecule has 1 N–H and O–H groups in total. The number of nitrogens with zero attached hydrogens (tertiary/aromatic N) is 4. The molecule has 28 heavy (non-hydrogen) atoms. The molecule has 2 saturated heterocycles. The maximum absolute atomic E-state index is 13.0. The molecule has 8 heteroatoms. The monoisotopic (exact) mass is 425 g/mol. The third kappa shape index (κ3) is 5.19. The van der Waals surface area contributed by atoms with E-state index in [1.54, 1.807) is 18.3 Å². The molecule has 3 rings (SSSR count). The van der Waals surface area contributed by atoms with E-state index in [2.05, 4.69) is 58.5 Å². The van der Waals surface area contributed by atoms with E-state index in [-0.39, 0.29) is 16.8 Å². The fraction of sp³-hybridized carbons (Fsp3) is 0.700. The van der Waals surface area contributed by atoms with Crippen LogP contribution in [-0.2, 0) is 0 Å². The zero-order chi connectivity index (χ0) is 20.3. The molecule has 2 aliphatic rings. The fourth-order valence-electron chi connectivity index (χ4n) is 4.20. The number of pyridine rings is 1. The maximum Gasteiger partial charge on any atom is 0.271 e. The number of piperazine rings is 1. The van der Waals surface area contributed by atoms with Gasteiger partial charge in [0.05, 0.1) is 10.6 Å². The van der Waals surface area contributed by atoms with Crippen molar-refractivity contribution in [2.45, 2.75) is 43.6 Å². The van der Waals surface area contributed by atoms with Crippen molar-refractivity contribution in [1.82, 2.24) is 25.0 Å². The van der Waals surface area contributed by atoms with Crippen molar-refractivity contribution in [3.8, 4) is 0 Å². The third-order valence-corrected chi connectivity index (χ3v) is 6.84. The Labute approximate surface area is 179 Å². The number of halogens is 1. The predicted octanol–water partition coefficient (Wildman–Crippen LogP) is 2.21. The smallest absolute Gasteiger partial charge is 0.271 e. The Morgan fingerprint density at radius 2 is 2.11 bits per heavy atom. The van der Waals surface area contributed by atoms with E-state index in [4.69, 9.17) is 11.6 Å². The topological polar surface area (TPSA) is 51.7 Å². The molecule has 1 amide bonds. The number of likely N-dealkylation sites (N-methyl/N-ethyl adjacent to an activating group) is 1. The molecule has 0 spiro atoms. The summed E-state index contributed by atoms with van der Waals surface area (Å²) in [5.41, 5.74) is 0.0347. The van der Waals surface area contributed by atoms with Gasteiger partial charge in [-0.2, -0.15) is 12.6 Å². The molecule has 6 nitrogen and oxygen atoms in total. The van der Waals surface area contributed by atoms with Crippen LogP contribution >= 0.6 is 24.2 Å². The molecule has 0 saturated carbocycles. The summed E-state index contributed by atoms with van der Waals surface area (Å²) in [6.45, 7) is 10.2. The van der Waals surface area contributed by atoms with Crippen LogP contribution in [0.5, 0.6) is 0 Å². The number of amides is 1. The van der Waals surface area contributed by atoms with Crippen LogP contribution < -0.4 is 5.32 Å². The molecule has 2 unspecified atom stereocenters. The Balaban J connectivity index is 1.75. The number of nitrogens with one attached hydrogen (secondary N) is 1. The van der Waals surface area contributed by atoms with Crippen LogP contribution in [0, 0.1) is 0 Å². The molecular weight excluding hydrogens is 394 g/mol. The highest BCUT2D eigenvalue weighted by molar-refractivity contribution is 7.80. The van der Waals surface area contributed by atoms with Crippen LogP contribution in [0.15, 0.2) is 18.3 Å². The zero-order valence-electron chi connectivity index (χ0n) is 17.1. The molecule has 2 atom stereocenters. The van der Waals surface area contributed by atoms with E-state index in [0.717, 1.165) is 52.1 Å². The predicted molar refractivity (Wildman–Crippen MR) is 117 cm³/mol. The van der Waals surface area contributed by atoms with Crippen LogP contribution in [-0.4, -0.2) is 88.9 Å². The van der Waals surface area contributed by atoms with Gasteiger partial charge < -0.3 is 10.2 Å². The van der Waals surface area contributed by atoms with Gasteiger partial charge in [-0.3, -0.25) is 14.6 Å². The summed E-state index contributed by atoms with van der Waals surface area (Å²) in [6.07, 6.45) is 3.41. The van der Waals surface area contributed by atoms with Crippen molar-refractivity contribution in [3.05, 3.63) is 29.0 Å². The van der Waals surface area contributed by atoms with Gasteiger partial charge in [-0.05, 0) is 45.9 Å². The number of thiol groups is 1. The summed E-state index contributed by atoms with van der Waals surface area (Å²) in [4.78, 5) is 24.4. The highest BCUT2D eigenvalue weighted by Crippen LogP contribution is 2.27. The summed E-state index contributed by atoms with van der Waals surface area (Å²) < 4.78 is 0. The Morgan fingerprint density at radius 3 is 2.71 bits per heavy atom. The maximum atomic E-state index is 13.0. The molecule has 3 heterocycles. The molecular formula is C20H32ClN5OS. The number of hydrogen-bond donors (Lipinski definition) is 2. The Morgan fingerprint density at radius 1 is 1.39 bits per heavy atom. The van der Waals surface area contributed by atoms with Crippen LogP contribution in [0.2, 0.25) is 5.02 Å². The Kier molecular flexibility index (Phi) is 7.26. The van der Waals surface area contributed by atoms with Gasteiger partial charge in [0.1, 0.15) is 5.69 Å². The van der Waals surface area contributed by atoms with Crippen molar-refractivity contribution in [1.29, 1.82) is 0 Å². The van der Waals surface area contributed by atoms with Gasteiger partial charge in [0.2, 0.25) is 0 Å². The summed E-state index contributed by atoms with van der Waals surface area (Å²) in [5.74, 6) is -0.180. The van der Waals surface area contributed by atoms with Gasteiger partial charge in [0, 0.05) is 56.9 Å². The number of aromatic nitrogens is 1. The number of likely N-dealkylation sites (tertiary alicyclic amines) is 1. The summed E-state index contributed by atoms with van der Waals surface area (Å²) >= 11 is 10.8. The lowest BCUT2D eigenvalue weighted by molar-refractivity contribution is 0.0453. The van der Waals surface area contributed by atoms with Crippen LogP contribution in [0.3, 0.4) is 0 Å². The van der Waals surface area contributed by atoms with Gasteiger partial charge in [-0.25, -0.2) is 4.98 Å². The minimum absolute atomic E-state index is 0.180. The highest BCUT2D eigenvalue weighted by atomic mass is 35.5. The van der Waals surface area contributed by atoms with E-state index >= 15 is 0 Å². The quantitative estimate of drug-likeness (QED) is 0.708. The normalized spacial score (nSPS) is 25.4. The number of carbonyl (C=O) groups excluding carboxylic acids is 1. The third-order valence-electron chi connectivity index (χ3n) is 6.21. The lowest BCUT2D eigenvalue weighted by Crippen LogP contribution is -2.63. The average molecular weight is 426 g/mol. The van der Waals surface area contributed by atoms with Crippen LogP contribution in [0.4, 0.5) is 0 Å². The number of hydrogen-bond acceptors (Lipinski definition) is 6. The molecule has 2 aliphatic heterocycles. The van der Waals surface area contributed by atoms with E-state index in [9.17, 15) is 4.79 Å². The van der Waals surface area contributed by atoms with E-state index in [1.807, 2.05) is 0 Å². The minimum Gasteiger partial charge on any atom is -0.344 e. The first-order valence-corrected chi connectivity index (χ1v) is 11.0. The molecule has 0 aromatic carbocycles. The van der Waals surface area contributed by atoms with Gasteiger partial charge in [0.25, 0.3) is 5.91 Å². The standard InChI is InChI=1S/C20H32ClN5OS/c1-15-13-25(12-11-24(15)3)14-20(6-9-26(10-7-20)16(2)28)23-19(27)18-17(21)5-4-8-22-18/h4-5,8,15-16,28H,6-7,9-14H2,1-3H3,(H,23,27). The van der Waals surface area contributed by atoms with Crippen LogP contribution in [0.25, 0.3) is 0 Å². The lowest BCUT2D eigenvalue weighted by atomic mass is 9.86. The second kappa shape index (κ2) is 9.30. The van der Waals surface area contributed by atoms with Crippen LogP contribution in [0.1, 0.15) is 37.2 Å². The first-order valence-electron chi connectivity index (χ1n) is 10.1. The fourth-order valence-corrected chi connectivity index (χ4v) is 4.63. The first-order chi connectivity index (χ1) is 13.3. The Bertz CT molecular complexity index is 680. The molecule has 156 valence electrons. The van der Waals surface area contributed by atoms with Crippen molar-refractivity contribution in [2.24, 2.45) is 0 Å². The molecule has 1 aromatic rings. The minimum atomic E-state index is -0.271. The number of rotatable bonds is 5. The second-order valence-electron chi connectivity index (χ2n) is 8.30. The summed E-state index contributed by atoms with van der Waals surface area (Å²) in [7, 11) is 2.18. The number of piperidine rings is 1. The lowest BCUT2D eigenvalue weighted by Gasteiger charge is -2.47. The van der Waals surface area contributed by atoms with Crippen molar-refractivity contribution in [3.63, 3.8) is 0 Å². The first kappa shape index (κ1) is 21.8. The van der Waals surface area contributed by atoms with E-state index in [0.29, 0.717) is 16.8 Å². The van der Waals surface area contributed by atoms with Gasteiger partial charge in [0.15, 0.2) is 0 Å². The van der Waals surface area contributed by atoms with Crippen molar-refractivity contribution < 1.29 is 4.79 Å². The largest absolute Gasteiger partial charge is 0.344 e. The summed E-state index contributed by atoms with van der Waals surface area (Å²) in [5, 5.41) is 3.95. The highest BCUT2D eigenvalue weighted by Gasteiger charge is 2.39. The van der Waals surface area contributed by atoms with E-state index in [1.165, 1.54) is 0 Å². The average Bonchev–Trinajstić information content (AvgIpc) is 2.65. The SMILES string of the molecule is CC1CN(CC2(NC(=O)c3ncccc3Cl)CCN(C(C)S)CC2)CCN1C. The number of carbonyl (C=O) groups is 1. The zero-order valence-corrected chi connectivity index (χ0v) is 18.7.